The van der Waals surface area contributed by atoms with Gasteiger partial charge < -0.3 is 0 Å². The molecule has 0 spiro atoms. The van der Waals surface area contributed by atoms with E-state index in [1.54, 1.807) is 12.1 Å². The van der Waals surface area contributed by atoms with Gasteiger partial charge in [0.05, 0.1) is 6.42 Å². The van der Waals surface area contributed by atoms with Gasteiger partial charge in [0.2, 0.25) is 0 Å². The standard InChI is InChI=1S/C14H15ClO2/c1-8-12(16)7-13(17)9(2)14(8)10-3-5-11(15)6-4-10/h3-6,8-9,14H,7H2,1-2H3. The summed E-state index contributed by atoms with van der Waals surface area (Å²) in [6.07, 6.45) is 0.0897. The molecule has 1 aliphatic rings. The van der Waals surface area contributed by atoms with E-state index in [-0.39, 0.29) is 35.7 Å². The molecule has 0 amide bonds. The van der Waals surface area contributed by atoms with Crippen LogP contribution in [0.1, 0.15) is 31.7 Å². The van der Waals surface area contributed by atoms with Gasteiger partial charge in [-0.25, -0.2) is 0 Å². The van der Waals surface area contributed by atoms with Crippen molar-refractivity contribution in [1.82, 2.24) is 0 Å². The molecule has 2 nitrogen and oxygen atoms in total. The van der Waals surface area contributed by atoms with E-state index < -0.39 is 0 Å². The van der Waals surface area contributed by atoms with E-state index in [1.807, 2.05) is 26.0 Å². The van der Waals surface area contributed by atoms with Crippen LogP contribution in [0.2, 0.25) is 5.02 Å². The lowest BCUT2D eigenvalue weighted by Gasteiger charge is -2.32. The number of rotatable bonds is 1. The number of hydrogen-bond acceptors (Lipinski definition) is 2. The number of benzene rings is 1. The molecule has 90 valence electrons. The topological polar surface area (TPSA) is 34.1 Å². The van der Waals surface area contributed by atoms with Crippen LogP contribution in [0, 0.1) is 11.8 Å². The van der Waals surface area contributed by atoms with Crippen LogP contribution < -0.4 is 0 Å². The van der Waals surface area contributed by atoms with E-state index in [2.05, 4.69) is 0 Å². The summed E-state index contributed by atoms with van der Waals surface area (Å²) in [5, 5.41) is 0.669. The third-order valence-electron chi connectivity index (χ3n) is 3.70. The predicted octanol–water partition coefficient (Wildman–Crippen LogP) is 3.24. The van der Waals surface area contributed by atoms with E-state index in [1.165, 1.54) is 0 Å². The Morgan fingerprint density at radius 3 is 1.94 bits per heavy atom. The molecule has 0 radical (unpaired) electrons. The van der Waals surface area contributed by atoms with Crippen LogP contribution in [0.3, 0.4) is 0 Å². The lowest BCUT2D eigenvalue weighted by Crippen LogP contribution is -2.36. The molecule has 2 rings (SSSR count). The predicted molar refractivity (Wildman–Crippen MR) is 67.2 cm³/mol. The Kier molecular flexibility index (Phi) is 3.34. The largest absolute Gasteiger partial charge is 0.299 e. The molecule has 1 fully saturated rings. The Bertz CT molecular complexity index is 430. The molecule has 0 bridgehead atoms. The second-order valence-electron chi connectivity index (χ2n) is 4.76. The highest BCUT2D eigenvalue weighted by molar-refractivity contribution is 6.30. The molecule has 2 atom stereocenters. The van der Waals surface area contributed by atoms with Crippen molar-refractivity contribution < 1.29 is 9.59 Å². The Morgan fingerprint density at radius 1 is 1.00 bits per heavy atom. The van der Waals surface area contributed by atoms with Crippen LogP contribution in [0.25, 0.3) is 0 Å². The van der Waals surface area contributed by atoms with E-state index in [4.69, 9.17) is 11.6 Å². The molecule has 1 saturated carbocycles. The summed E-state index contributed by atoms with van der Waals surface area (Å²) in [6, 6.07) is 7.43. The average Bonchev–Trinajstić information content (AvgIpc) is 2.29. The molecule has 0 heterocycles. The Labute approximate surface area is 106 Å². The number of carbonyl (C=O) groups is 2. The zero-order chi connectivity index (χ0) is 12.6. The molecule has 0 aromatic heterocycles. The minimum absolute atomic E-state index is 0.0129. The van der Waals surface area contributed by atoms with E-state index in [0.29, 0.717) is 5.02 Å². The molecule has 3 heteroatoms. The minimum atomic E-state index is -0.0936. The van der Waals surface area contributed by atoms with Gasteiger partial charge in [-0.15, -0.1) is 0 Å². The summed E-state index contributed by atoms with van der Waals surface area (Å²) < 4.78 is 0. The van der Waals surface area contributed by atoms with Crippen LogP contribution in [0.5, 0.6) is 0 Å². The van der Waals surface area contributed by atoms with Crippen LogP contribution >= 0.6 is 11.6 Å². The van der Waals surface area contributed by atoms with Gasteiger partial charge in [-0.1, -0.05) is 37.6 Å². The Balaban J connectivity index is 2.37. The van der Waals surface area contributed by atoms with E-state index in [0.717, 1.165) is 5.56 Å². The Morgan fingerprint density at radius 2 is 1.47 bits per heavy atom. The molecule has 1 aliphatic carbocycles. The van der Waals surface area contributed by atoms with Crippen LogP contribution in [-0.2, 0) is 9.59 Å². The summed E-state index contributed by atoms with van der Waals surface area (Å²) >= 11 is 5.85. The van der Waals surface area contributed by atoms with Crippen molar-refractivity contribution in [2.24, 2.45) is 11.8 Å². The molecule has 1 aromatic carbocycles. The van der Waals surface area contributed by atoms with Gasteiger partial charge in [-0.2, -0.15) is 0 Å². The van der Waals surface area contributed by atoms with Crippen molar-refractivity contribution >= 4 is 23.2 Å². The van der Waals surface area contributed by atoms with Crippen molar-refractivity contribution in [2.45, 2.75) is 26.2 Å². The highest BCUT2D eigenvalue weighted by Gasteiger charge is 2.39. The first-order valence-corrected chi connectivity index (χ1v) is 6.19. The molecule has 0 aliphatic heterocycles. The van der Waals surface area contributed by atoms with Gasteiger partial charge >= 0.3 is 0 Å². The van der Waals surface area contributed by atoms with Gasteiger partial charge in [-0.05, 0) is 17.7 Å². The zero-order valence-electron chi connectivity index (χ0n) is 9.94. The summed E-state index contributed by atoms with van der Waals surface area (Å²) in [5.74, 6) is -0.102. The fourth-order valence-electron chi connectivity index (χ4n) is 2.59. The first kappa shape index (κ1) is 12.3. The number of halogens is 1. The fraction of sp³-hybridized carbons (Fsp3) is 0.429. The lowest BCUT2D eigenvalue weighted by molar-refractivity contribution is -0.136. The smallest absolute Gasteiger partial charge is 0.143 e. The Hall–Kier alpha value is -1.15. The van der Waals surface area contributed by atoms with E-state index in [9.17, 15) is 9.59 Å². The van der Waals surface area contributed by atoms with Gasteiger partial charge in [0.15, 0.2) is 0 Å². The summed E-state index contributed by atoms with van der Waals surface area (Å²) in [7, 11) is 0. The maximum Gasteiger partial charge on any atom is 0.143 e. The normalized spacial score (nSPS) is 29.5. The second-order valence-corrected chi connectivity index (χ2v) is 5.20. The quantitative estimate of drug-likeness (QED) is 0.717. The number of ketones is 2. The van der Waals surface area contributed by atoms with Crippen molar-refractivity contribution in [3.63, 3.8) is 0 Å². The number of Topliss-reactive ketones (excluding diaryl/α,β-unsaturated/α-hetero) is 2. The van der Waals surface area contributed by atoms with Crippen LogP contribution in [-0.4, -0.2) is 11.6 Å². The van der Waals surface area contributed by atoms with Crippen molar-refractivity contribution in [3.8, 4) is 0 Å². The molecule has 0 N–H and O–H groups in total. The van der Waals surface area contributed by atoms with Crippen molar-refractivity contribution in [3.05, 3.63) is 34.9 Å². The highest BCUT2D eigenvalue weighted by Crippen LogP contribution is 2.38. The molecular formula is C14H15ClO2. The number of carbonyl (C=O) groups excluding carboxylic acids is 2. The van der Waals surface area contributed by atoms with Crippen LogP contribution in [0.4, 0.5) is 0 Å². The summed E-state index contributed by atoms with van der Waals surface area (Å²) in [4.78, 5) is 23.5. The highest BCUT2D eigenvalue weighted by atomic mass is 35.5. The minimum Gasteiger partial charge on any atom is -0.299 e. The van der Waals surface area contributed by atoms with Gasteiger partial charge in [0.25, 0.3) is 0 Å². The van der Waals surface area contributed by atoms with Gasteiger partial charge in [0.1, 0.15) is 11.6 Å². The second kappa shape index (κ2) is 4.61. The molecule has 17 heavy (non-hydrogen) atoms. The number of hydrogen-bond donors (Lipinski definition) is 0. The van der Waals surface area contributed by atoms with Crippen molar-refractivity contribution in [2.75, 3.05) is 0 Å². The summed E-state index contributed by atoms with van der Waals surface area (Å²) in [5.41, 5.74) is 1.02. The first-order chi connectivity index (χ1) is 8.00. The fourth-order valence-corrected chi connectivity index (χ4v) is 2.72. The molecule has 1 aromatic rings. The average molecular weight is 251 g/mol. The van der Waals surface area contributed by atoms with Gasteiger partial charge in [-0.3, -0.25) is 9.59 Å². The molecule has 2 unspecified atom stereocenters. The zero-order valence-corrected chi connectivity index (χ0v) is 10.7. The van der Waals surface area contributed by atoms with Crippen molar-refractivity contribution in [1.29, 1.82) is 0 Å². The third-order valence-corrected chi connectivity index (χ3v) is 3.95. The molecular weight excluding hydrogens is 236 g/mol. The summed E-state index contributed by atoms with van der Waals surface area (Å²) in [6.45, 7) is 3.81. The maximum atomic E-state index is 11.8. The first-order valence-electron chi connectivity index (χ1n) is 5.81. The molecule has 0 saturated heterocycles. The van der Waals surface area contributed by atoms with E-state index >= 15 is 0 Å². The van der Waals surface area contributed by atoms with Gasteiger partial charge in [0, 0.05) is 22.8 Å². The SMILES string of the molecule is CC1C(=O)CC(=O)C(C)C1c1ccc(Cl)cc1. The third kappa shape index (κ3) is 2.27. The van der Waals surface area contributed by atoms with Crippen LogP contribution in [0.15, 0.2) is 24.3 Å². The maximum absolute atomic E-state index is 11.8. The monoisotopic (exact) mass is 250 g/mol. The lowest BCUT2D eigenvalue weighted by atomic mass is 9.69.